The van der Waals surface area contributed by atoms with Gasteiger partial charge in [0.1, 0.15) is 4.90 Å². The number of carbonyl (C=O) groups excluding carboxylic acids is 2. The van der Waals surface area contributed by atoms with Gasteiger partial charge < -0.3 is 14.7 Å². The molecule has 0 saturated carbocycles. The van der Waals surface area contributed by atoms with Gasteiger partial charge in [-0.3, -0.25) is 9.59 Å². The number of carbonyl (C=O) groups is 2. The van der Waals surface area contributed by atoms with E-state index in [1.807, 2.05) is 40.1 Å². The van der Waals surface area contributed by atoms with Crippen molar-refractivity contribution in [3.8, 4) is 0 Å². The molecule has 0 bridgehead atoms. The maximum Gasteiger partial charge on any atom is 0.285 e. The van der Waals surface area contributed by atoms with Crippen LogP contribution in [0, 0.1) is 5.92 Å². The minimum absolute atomic E-state index is 0.0492. The molecule has 2 fully saturated rings. The molecule has 2 saturated heterocycles. The van der Waals surface area contributed by atoms with Gasteiger partial charge >= 0.3 is 0 Å². The zero-order valence-electron chi connectivity index (χ0n) is 19.2. The molecule has 5 rings (SSSR count). The second-order valence-corrected chi connectivity index (χ2v) is 10.7. The fourth-order valence-electron chi connectivity index (χ4n) is 5.04. The third-order valence-electron chi connectivity index (χ3n) is 6.91. The Balaban J connectivity index is 1.23. The SMILES string of the molecule is CC(=O)c1ccc(N2CCN(C(=O)C3CCCN(C4=NS(=O)(=O)c5ccccc54)C3)CC2)cc1. The lowest BCUT2D eigenvalue weighted by atomic mass is 9.95. The van der Waals surface area contributed by atoms with Crippen molar-refractivity contribution in [1.82, 2.24) is 9.80 Å². The number of piperidine rings is 1. The molecular formula is C25H28N4O4S. The van der Waals surface area contributed by atoms with Crippen LogP contribution in [0.1, 0.15) is 35.7 Å². The highest BCUT2D eigenvalue weighted by Crippen LogP contribution is 2.30. The van der Waals surface area contributed by atoms with Crippen molar-refractivity contribution in [3.63, 3.8) is 0 Å². The Kier molecular flexibility index (Phi) is 5.89. The van der Waals surface area contributed by atoms with E-state index >= 15 is 0 Å². The number of amides is 1. The van der Waals surface area contributed by atoms with E-state index in [0.29, 0.717) is 43.1 Å². The predicted octanol–water partition coefficient (Wildman–Crippen LogP) is 2.40. The lowest BCUT2D eigenvalue weighted by molar-refractivity contribution is -0.137. The largest absolute Gasteiger partial charge is 0.368 e. The maximum absolute atomic E-state index is 13.3. The van der Waals surface area contributed by atoms with Gasteiger partial charge in [-0.2, -0.15) is 8.42 Å². The molecule has 0 radical (unpaired) electrons. The summed E-state index contributed by atoms with van der Waals surface area (Å²) in [6.07, 6.45) is 1.61. The highest BCUT2D eigenvalue weighted by Gasteiger charge is 2.36. The van der Waals surface area contributed by atoms with Gasteiger partial charge in [0, 0.05) is 56.1 Å². The van der Waals surface area contributed by atoms with Crippen LogP contribution in [-0.4, -0.2) is 75.0 Å². The van der Waals surface area contributed by atoms with Crippen LogP contribution < -0.4 is 4.90 Å². The summed E-state index contributed by atoms with van der Waals surface area (Å²) >= 11 is 0. The molecule has 3 heterocycles. The van der Waals surface area contributed by atoms with Crippen LogP contribution in [0.25, 0.3) is 0 Å². The Morgan fingerprint density at radius 2 is 1.62 bits per heavy atom. The van der Waals surface area contributed by atoms with Gasteiger partial charge in [-0.15, -0.1) is 4.40 Å². The Hall–Kier alpha value is -3.20. The molecule has 2 aromatic carbocycles. The first kappa shape index (κ1) is 22.6. The first-order chi connectivity index (χ1) is 16.3. The summed E-state index contributed by atoms with van der Waals surface area (Å²) in [5, 5.41) is 0. The van der Waals surface area contributed by atoms with E-state index in [2.05, 4.69) is 9.30 Å². The highest BCUT2D eigenvalue weighted by molar-refractivity contribution is 7.90. The number of rotatable bonds is 3. The number of nitrogens with zero attached hydrogens (tertiary/aromatic N) is 4. The molecule has 34 heavy (non-hydrogen) atoms. The number of amidine groups is 1. The summed E-state index contributed by atoms with van der Waals surface area (Å²) in [4.78, 5) is 31.2. The standard InChI is InChI=1S/C25H28N4O4S/c1-18(30)19-8-10-21(11-9-19)27-13-15-28(16-14-27)25(31)20-5-4-12-29(17-20)24-22-6-2-3-7-23(22)34(32,33)26-24/h2-3,6-11,20H,4-5,12-17H2,1H3. The number of benzene rings is 2. The molecule has 3 aliphatic heterocycles. The molecule has 2 aromatic rings. The van der Waals surface area contributed by atoms with E-state index in [1.165, 1.54) is 0 Å². The Morgan fingerprint density at radius 3 is 2.32 bits per heavy atom. The fraction of sp³-hybridized carbons (Fsp3) is 0.400. The number of Topliss-reactive ketones (excluding diaryl/α,β-unsaturated/α-hetero) is 1. The molecule has 1 amide bonds. The van der Waals surface area contributed by atoms with Crippen molar-refractivity contribution in [1.29, 1.82) is 0 Å². The van der Waals surface area contributed by atoms with Gasteiger partial charge in [0.25, 0.3) is 10.0 Å². The Bertz CT molecular complexity index is 1250. The van der Waals surface area contributed by atoms with Crippen molar-refractivity contribution in [3.05, 3.63) is 59.7 Å². The lowest BCUT2D eigenvalue weighted by Crippen LogP contribution is -2.53. The topological polar surface area (TPSA) is 90.4 Å². The van der Waals surface area contributed by atoms with E-state index in [1.54, 1.807) is 25.1 Å². The van der Waals surface area contributed by atoms with Gasteiger partial charge in [0.15, 0.2) is 11.6 Å². The summed E-state index contributed by atoms with van der Waals surface area (Å²) in [5.74, 6) is 0.472. The maximum atomic E-state index is 13.3. The van der Waals surface area contributed by atoms with Crippen LogP contribution >= 0.6 is 0 Å². The molecule has 0 aliphatic carbocycles. The number of likely N-dealkylation sites (tertiary alicyclic amines) is 1. The van der Waals surface area contributed by atoms with Crippen molar-refractivity contribution in [2.75, 3.05) is 44.2 Å². The summed E-state index contributed by atoms with van der Waals surface area (Å²) in [7, 11) is -3.68. The van der Waals surface area contributed by atoms with E-state index in [4.69, 9.17) is 0 Å². The van der Waals surface area contributed by atoms with Crippen LogP contribution in [-0.2, 0) is 14.8 Å². The summed E-state index contributed by atoms with van der Waals surface area (Å²) in [6, 6.07) is 14.5. The van der Waals surface area contributed by atoms with Crippen molar-refractivity contribution >= 4 is 33.2 Å². The highest BCUT2D eigenvalue weighted by atomic mass is 32.2. The monoisotopic (exact) mass is 480 g/mol. The van der Waals surface area contributed by atoms with Crippen molar-refractivity contribution in [2.24, 2.45) is 10.3 Å². The normalized spacial score (nSPS) is 21.7. The number of hydrogen-bond donors (Lipinski definition) is 0. The molecule has 178 valence electrons. The molecule has 1 atom stereocenters. The van der Waals surface area contributed by atoms with Crippen LogP contribution in [0.3, 0.4) is 0 Å². The first-order valence-corrected chi connectivity index (χ1v) is 13.1. The number of sulfonamides is 1. The fourth-order valence-corrected chi connectivity index (χ4v) is 6.27. The quantitative estimate of drug-likeness (QED) is 0.627. The van der Waals surface area contributed by atoms with Crippen LogP contribution in [0.15, 0.2) is 57.8 Å². The number of hydrogen-bond acceptors (Lipinski definition) is 6. The molecule has 3 aliphatic rings. The van der Waals surface area contributed by atoms with E-state index < -0.39 is 10.0 Å². The smallest absolute Gasteiger partial charge is 0.285 e. The molecule has 0 aromatic heterocycles. The molecule has 8 nitrogen and oxygen atoms in total. The summed E-state index contributed by atoms with van der Waals surface area (Å²) < 4.78 is 29.0. The van der Waals surface area contributed by atoms with E-state index in [0.717, 1.165) is 31.6 Å². The molecule has 0 spiro atoms. The third kappa shape index (κ3) is 4.20. The Labute approximate surface area is 199 Å². The molecule has 1 unspecified atom stereocenters. The predicted molar refractivity (Wildman–Crippen MR) is 130 cm³/mol. The van der Waals surface area contributed by atoms with Gasteiger partial charge in [-0.05, 0) is 56.2 Å². The Morgan fingerprint density at radius 1 is 0.912 bits per heavy atom. The van der Waals surface area contributed by atoms with Gasteiger partial charge in [0.05, 0.1) is 5.92 Å². The minimum atomic E-state index is -3.68. The van der Waals surface area contributed by atoms with Crippen LogP contribution in [0.5, 0.6) is 0 Å². The second kappa shape index (κ2) is 8.87. The van der Waals surface area contributed by atoms with Crippen LogP contribution in [0.2, 0.25) is 0 Å². The van der Waals surface area contributed by atoms with Gasteiger partial charge in [-0.1, -0.05) is 12.1 Å². The van der Waals surface area contributed by atoms with Crippen molar-refractivity contribution < 1.29 is 18.0 Å². The number of anilines is 1. The zero-order valence-corrected chi connectivity index (χ0v) is 20.0. The number of piperazine rings is 1. The van der Waals surface area contributed by atoms with Crippen LogP contribution in [0.4, 0.5) is 5.69 Å². The number of ketones is 1. The minimum Gasteiger partial charge on any atom is -0.368 e. The van der Waals surface area contributed by atoms with Crippen molar-refractivity contribution in [2.45, 2.75) is 24.7 Å². The number of fused-ring (bicyclic) bond motifs is 1. The molecular weight excluding hydrogens is 452 g/mol. The molecule has 0 N–H and O–H groups in total. The second-order valence-electron chi connectivity index (χ2n) is 9.09. The average Bonchev–Trinajstić information content (AvgIpc) is 3.15. The lowest BCUT2D eigenvalue weighted by Gasteiger charge is -2.40. The third-order valence-corrected chi connectivity index (χ3v) is 8.24. The summed E-state index contributed by atoms with van der Waals surface area (Å²) in [6.45, 7) is 5.48. The average molecular weight is 481 g/mol. The zero-order chi connectivity index (χ0) is 23.9. The summed E-state index contributed by atoms with van der Waals surface area (Å²) in [5.41, 5.74) is 2.38. The first-order valence-electron chi connectivity index (χ1n) is 11.7. The van der Waals surface area contributed by atoms with E-state index in [-0.39, 0.29) is 22.5 Å². The van der Waals surface area contributed by atoms with Gasteiger partial charge in [-0.25, -0.2) is 0 Å². The van der Waals surface area contributed by atoms with Gasteiger partial charge in [0.2, 0.25) is 5.91 Å². The molecule has 9 heteroatoms. The van der Waals surface area contributed by atoms with E-state index in [9.17, 15) is 18.0 Å².